The van der Waals surface area contributed by atoms with Crippen LogP contribution < -0.4 is 0 Å². The van der Waals surface area contributed by atoms with Crippen LogP contribution in [0.15, 0.2) is 72.8 Å². The number of benzene rings is 3. The molecule has 1 heterocycles. The smallest absolute Gasteiger partial charge is 0.0746 e. The molecule has 0 spiro atoms. The van der Waals surface area contributed by atoms with E-state index in [4.69, 9.17) is 0 Å². The van der Waals surface area contributed by atoms with E-state index in [0.29, 0.717) is 0 Å². The molecule has 0 N–H and O–H groups in total. The van der Waals surface area contributed by atoms with Crippen LogP contribution in [-0.2, 0) is 19.3 Å². The van der Waals surface area contributed by atoms with Gasteiger partial charge in [-0.3, -0.25) is 0 Å². The molecule has 150 valence electrons. The van der Waals surface area contributed by atoms with E-state index in [1.54, 1.807) is 0 Å². The van der Waals surface area contributed by atoms with Crippen molar-refractivity contribution in [1.29, 1.82) is 0 Å². The molecule has 0 fully saturated rings. The molecule has 0 aliphatic heterocycles. The van der Waals surface area contributed by atoms with Crippen molar-refractivity contribution in [2.75, 3.05) is 0 Å². The summed E-state index contributed by atoms with van der Waals surface area (Å²) >= 11 is 0. The van der Waals surface area contributed by atoms with Gasteiger partial charge in [-0.25, -0.2) is 0 Å². The van der Waals surface area contributed by atoms with Gasteiger partial charge in [-0.2, -0.15) is 0 Å². The molecule has 0 saturated carbocycles. The summed E-state index contributed by atoms with van der Waals surface area (Å²) in [6.45, 7) is 6.47. The highest BCUT2D eigenvalue weighted by molar-refractivity contribution is 5.41. The molecule has 0 radical (unpaired) electrons. The van der Waals surface area contributed by atoms with Gasteiger partial charge in [0.1, 0.15) is 0 Å². The van der Waals surface area contributed by atoms with Crippen LogP contribution in [0.5, 0.6) is 0 Å². The average molecular weight is 394 g/mol. The van der Waals surface area contributed by atoms with E-state index in [0.717, 1.165) is 30.7 Å². The van der Waals surface area contributed by atoms with E-state index in [1.165, 1.54) is 38.9 Å². The van der Waals surface area contributed by atoms with E-state index >= 15 is 0 Å². The predicted molar refractivity (Wildman–Crippen MR) is 122 cm³/mol. The lowest BCUT2D eigenvalue weighted by molar-refractivity contribution is 0.758. The predicted octanol–water partition coefficient (Wildman–Crippen LogP) is 5.57. The molecule has 0 bridgehead atoms. The highest BCUT2D eigenvalue weighted by Crippen LogP contribution is 2.23. The number of aryl methyl sites for hydroxylation is 3. The van der Waals surface area contributed by atoms with E-state index < -0.39 is 0 Å². The molecule has 3 aromatic carbocycles. The van der Waals surface area contributed by atoms with E-state index in [1.807, 2.05) is 0 Å². The van der Waals surface area contributed by atoms with Gasteiger partial charge in [0.15, 0.2) is 0 Å². The molecule has 0 unspecified atom stereocenters. The Morgan fingerprint density at radius 1 is 0.500 bits per heavy atom. The summed E-state index contributed by atoms with van der Waals surface area (Å²) in [6, 6.07) is 25.5. The first-order chi connectivity index (χ1) is 14.6. The van der Waals surface area contributed by atoms with Gasteiger partial charge in [0, 0.05) is 24.8 Å². The zero-order chi connectivity index (χ0) is 20.9. The molecule has 0 amide bonds. The van der Waals surface area contributed by atoms with Gasteiger partial charge < -0.3 is 0 Å². The highest BCUT2D eigenvalue weighted by Gasteiger charge is 2.16. The molecule has 4 rings (SSSR count). The van der Waals surface area contributed by atoms with Gasteiger partial charge in [0.25, 0.3) is 0 Å². The summed E-state index contributed by atoms with van der Waals surface area (Å²) in [7, 11) is 0. The first-order valence-electron chi connectivity index (χ1n) is 10.5. The van der Waals surface area contributed by atoms with Crippen LogP contribution in [0.2, 0.25) is 0 Å². The topological polar surface area (TPSA) is 38.7 Å². The second-order valence-electron chi connectivity index (χ2n) is 7.97. The van der Waals surface area contributed by atoms with Crippen molar-refractivity contribution in [3.8, 4) is 0 Å². The summed E-state index contributed by atoms with van der Waals surface area (Å²) in [5.74, 6) is 0. The van der Waals surface area contributed by atoms with E-state index in [-0.39, 0.29) is 0 Å². The van der Waals surface area contributed by atoms with Crippen molar-refractivity contribution < 1.29 is 0 Å². The molecule has 0 saturated heterocycles. The first-order valence-corrected chi connectivity index (χ1v) is 10.5. The zero-order valence-electron chi connectivity index (χ0n) is 17.9. The van der Waals surface area contributed by atoms with Gasteiger partial charge in [0.2, 0.25) is 0 Å². The van der Waals surface area contributed by atoms with Gasteiger partial charge in [0.05, 0.1) is 11.4 Å². The fourth-order valence-corrected chi connectivity index (χ4v) is 3.88. The average Bonchev–Trinajstić information content (AvgIpc) is 2.75. The maximum Gasteiger partial charge on any atom is 0.0746 e. The van der Waals surface area contributed by atoms with E-state index in [2.05, 4.69) is 109 Å². The molecule has 0 atom stereocenters. The number of hydrogen-bond donors (Lipinski definition) is 0. The maximum atomic E-state index is 4.50. The third-order valence-electron chi connectivity index (χ3n) is 5.89. The lowest BCUT2D eigenvalue weighted by Gasteiger charge is -2.15. The molecule has 3 heteroatoms. The summed E-state index contributed by atoms with van der Waals surface area (Å²) in [5, 5.41) is 13.2. The largest absolute Gasteiger partial charge is 0.135 e. The molecule has 0 aliphatic carbocycles. The van der Waals surface area contributed by atoms with Gasteiger partial charge in [-0.05, 0) is 59.4 Å². The normalized spacial score (nSPS) is 10.9. The van der Waals surface area contributed by atoms with Crippen molar-refractivity contribution >= 4 is 0 Å². The van der Waals surface area contributed by atoms with Crippen LogP contribution in [0.4, 0.5) is 0 Å². The van der Waals surface area contributed by atoms with Crippen molar-refractivity contribution in [1.82, 2.24) is 15.4 Å². The standard InChI is InChI=1S/C27H27N3/c1-19-10-4-7-13-22(19)16-25-26(17-23-14-8-5-11-20(23)2)28-30-29-27(25)18-24-15-9-6-12-21(24)3/h4-15H,16-18H2,1-3H3. The molecule has 3 nitrogen and oxygen atoms in total. The maximum absolute atomic E-state index is 4.50. The number of rotatable bonds is 6. The molecule has 4 aromatic rings. The SMILES string of the molecule is Cc1ccccc1Cc1nnnc(Cc2ccccc2C)c1Cc1ccccc1C. The minimum absolute atomic E-state index is 0.768. The van der Waals surface area contributed by atoms with Crippen LogP contribution in [0, 0.1) is 20.8 Å². The third kappa shape index (κ3) is 4.46. The van der Waals surface area contributed by atoms with Crippen molar-refractivity contribution in [2.24, 2.45) is 0 Å². The Kier molecular flexibility index (Phi) is 5.99. The molecule has 30 heavy (non-hydrogen) atoms. The summed E-state index contributed by atoms with van der Waals surface area (Å²) in [4.78, 5) is 0. The Morgan fingerprint density at radius 2 is 0.867 bits per heavy atom. The summed E-state index contributed by atoms with van der Waals surface area (Å²) in [5.41, 5.74) is 11.0. The fourth-order valence-electron chi connectivity index (χ4n) is 3.88. The Hall–Kier alpha value is -3.33. The van der Waals surface area contributed by atoms with Crippen molar-refractivity contribution in [3.63, 3.8) is 0 Å². The Morgan fingerprint density at radius 3 is 1.27 bits per heavy atom. The van der Waals surface area contributed by atoms with E-state index in [9.17, 15) is 0 Å². The molecular formula is C27H27N3. The zero-order valence-corrected chi connectivity index (χ0v) is 17.9. The van der Waals surface area contributed by atoms with Crippen LogP contribution in [0.25, 0.3) is 0 Å². The fraction of sp³-hybridized carbons (Fsp3) is 0.222. The Balaban J connectivity index is 1.78. The molecule has 1 aromatic heterocycles. The summed E-state index contributed by atoms with van der Waals surface area (Å²) in [6.07, 6.45) is 2.35. The number of hydrogen-bond acceptors (Lipinski definition) is 3. The minimum Gasteiger partial charge on any atom is -0.135 e. The van der Waals surface area contributed by atoms with Crippen molar-refractivity contribution in [3.05, 3.63) is 123 Å². The van der Waals surface area contributed by atoms with Crippen LogP contribution in [-0.4, -0.2) is 15.4 Å². The van der Waals surface area contributed by atoms with Gasteiger partial charge in [-0.1, -0.05) is 72.8 Å². The van der Waals surface area contributed by atoms with Crippen LogP contribution in [0.3, 0.4) is 0 Å². The Labute approximate surface area is 178 Å². The summed E-state index contributed by atoms with van der Waals surface area (Å²) < 4.78 is 0. The molecule has 0 aliphatic rings. The lowest BCUT2D eigenvalue weighted by Crippen LogP contribution is -2.11. The monoisotopic (exact) mass is 393 g/mol. The minimum atomic E-state index is 0.768. The molecular weight excluding hydrogens is 366 g/mol. The van der Waals surface area contributed by atoms with Gasteiger partial charge in [-0.15, -0.1) is 10.2 Å². The quantitative estimate of drug-likeness (QED) is 0.430. The third-order valence-corrected chi connectivity index (χ3v) is 5.89. The van der Waals surface area contributed by atoms with Gasteiger partial charge >= 0.3 is 0 Å². The number of nitrogens with zero attached hydrogens (tertiary/aromatic N) is 3. The number of aromatic nitrogens is 3. The first kappa shape index (κ1) is 20.0. The second kappa shape index (κ2) is 9.00. The second-order valence-corrected chi connectivity index (χ2v) is 7.97. The van der Waals surface area contributed by atoms with Crippen LogP contribution >= 0.6 is 0 Å². The lowest BCUT2D eigenvalue weighted by atomic mass is 9.92. The Bertz CT molecular complexity index is 1100. The highest BCUT2D eigenvalue weighted by atomic mass is 15.3. The van der Waals surface area contributed by atoms with Crippen LogP contribution in [0.1, 0.15) is 50.3 Å². The van der Waals surface area contributed by atoms with Crippen molar-refractivity contribution in [2.45, 2.75) is 40.0 Å².